The molecule has 0 atom stereocenters. The van der Waals surface area contributed by atoms with Crippen LogP contribution in [0.2, 0.25) is 0 Å². The zero-order valence-corrected chi connectivity index (χ0v) is 20.2. The van der Waals surface area contributed by atoms with Gasteiger partial charge in [0.05, 0.1) is 28.5 Å². The summed E-state index contributed by atoms with van der Waals surface area (Å²) in [6.07, 6.45) is 0.750. The van der Waals surface area contributed by atoms with Crippen molar-refractivity contribution in [3.8, 4) is 23.3 Å². The van der Waals surface area contributed by atoms with Gasteiger partial charge in [-0.15, -0.1) is 0 Å². The van der Waals surface area contributed by atoms with Gasteiger partial charge in [0.2, 0.25) is 0 Å². The molecule has 4 aromatic rings. The van der Waals surface area contributed by atoms with Crippen molar-refractivity contribution >= 4 is 32.6 Å². The van der Waals surface area contributed by atoms with E-state index in [9.17, 15) is 0 Å². The number of guanidine groups is 1. The smallest absolute Gasteiger partial charge is 0.186 e. The Hall–Kier alpha value is -4.29. The summed E-state index contributed by atoms with van der Waals surface area (Å²) in [4.78, 5) is 10.8. The second-order valence-electron chi connectivity index (χ2n) is 7.87. The molecule has 3 aromatic carbocycles. The molecule has 0 radical (unpaired) electrons. The predicted octanol–water partition coefficient (Wildman–Crippen LogP) is 4.64. The fourth-order valence-corrected chi connectivity index (χ4v) is 4.30. The maximum atomic E-state index is 8.93. The highest BCUT2D eigenvalue weighted by molar-refractivity contribution is 7.22. The predicted molar refractivity (Wildman–Crippen MR) is 140 cm³/mol. The molecular formula is C26H26N6O2S. The van der Waals surface area contributed by atoms with E-state index in [0.29, 0.717) is 24.5 Å². The first kappa shape index (κ1) is 23.9. The maximum absolute atomic E-state index is 8.93. The molecule has 4 N–H and O–H groups in total. The van der Waals surface area contributed by atoms with E-state index in [4.69, 9.17) is 31.2 Å². The zero-order chi connectivity index (χ0) is 24.6. The van der Waals surface area contributed by atoms with Gasteiger partial charge >= 0.3 is 0 Å². The van der Waals surface area contributed by atoms with Crippen molar-refractivity contribution < 1.29 is 9.47 Å². The number of ether oxygens (including phenoxy) is 2. The van der Waals surface area contributed by atoms with Crippen LogP contribution in [0.5, 0.6) is 17.2 Å². The number of aromatic nitrogens is 1. The number of benzene rings is 3. The van der Waals surface area contributed by atoms with Crippen LogP contribution in [0.25, 0.3) is 10.2 Å². The van der Waals surface area contributed by atoms with Crippen molar-refractivity contribution in [3.05, 3.63) is 77.9 Å². The lowest BCUT2D eigenvalue weighted by atomic mass is 10.2. The summed E-state index contributed by atoms with van der Waals surface area (Å²) in [6, 6.07) is 23.1. The normalized spacial score (nSPS) is 10.5. The van der Waals surface area contributed by atoms with Crippen molar-refractivity contribution in [2.45, 2.75) is 13.0 Å². The molecule has 35 heavy (non-hydrogen) atoms. The first-order valence-electron chi connectivity index (χ1n) is 11.1. The van der Waals surface area contributed by atoms with Gasteiger partial charge in [-0.05, 0) is 54.1 Å². The molecule has 0 aliphatic rings. The maximum Gasteiger partial charge on any atom is 0.186 e. The number of nitriles is 1. The van der Waals surface area contributed by atoms with Crippen LogP contribution in [0.3, 0.4) is 0 Å². The molecule has 4 rings (SSSR count). The lowest BCUT2D eigenvalue weighted by Gasteiger charge is -2.16. The van der Waals surface area contributed by atoms with Crippen LogP contribution >= 0.6 is 11.3 Å². The van der Waals surface area contributed by atoms with Crippen molar-refractivity contribution in [1.82, 2.24) is 4.98 Å². The molecule has 1 aromatic heterocycles. The molecule has 178 valence electrons. The number of nitrogens with two attached hydrogens (primary N) is 2. The van der Waals surface area contributed by atoms with E-state index in [-0.39, 0.29) is 5.96 Å². The van der Waals surface area contributed by atoms with E-state index < -0.39 is 0 Å². The Bertz CT molecular complexity index is 1340. The minimum atomic E-state index is 0.100. The van der Waals surface area contributed by atoms with E-state index in [1.807, 2.05) is 37.4 Å². The van der Waals surface area contributed by atoms with Crippen LogP contribution in [0.4, 0.5) is 5.13 Å². The molecule has 0 amide bonds. The highest BCUT2D eigenvalue weighted by Crippen LogP contribution is 2.33. The Morgan fingerprint density at radius 3 is 2.46 bits per heavy atom. The number of aliphatic imine (C=N–C) groups is 1. The van der Waals surface area contributed by atoms with Gasteiger partial charge in [0.25, 0.3) is 0 Å². The Morgan fingerprint density at radius 2 is 1.74 bits per heavy atom. The highest BCUT2D eigenvalue weighted by Gasteiger charge is 2.11. The number of nitrogens with zero attached hydrogens (tertiary/aromatic N) is 4. The quantitative estimate of drug-likeness (QED) is 0.190. The van der Waals surface area contributed by atoms with Gasteiger partial charge in [0, 0.05) is 32.6 Å². The Balaban J connectivity index is 1.34. The van der Waals surface area contributed by atoms with Crippen molar-refractivity contribution in [2.75, 3.05) is 25.1 Å². The largest absolute Gasteiger partial charge is 0.494 e. The highest BCUT2D eigenvalue weighted by atomic mass is 32.1. The summed E-state index contributed by atoms with van der Waals surface area (Å²) in [6.45, 7) is 1.83. The summed E-state index contributed by atoms with van der Waals surface area (Å²) in [7, 11) is 2.03. The average Bonchev–Trinajstić information content (AvgIpc) is 3.29. The zero-order valence-electron chi connectivity index (χ0n) is 19.3. The number of hydrogen-bond donors (Lipinski definition) is 2. The lowest BCUT2D eigenvalue weighted by Crippen LogP contribution is -2.23. The van der Waals surface area contributed by atoms with Gasteiger partial charge in [-0.2, -0.15) is 5.26 Å². The van der Waals surface area contributed by atoms with Gasteiger partial charge in [-0.25, -0.2) is 4.98 Å². The number of thiazole rings is 1. The van der Waals surface area contributed by atoms with Gasteiger partial charge in [0.15, 0.2) is 11.1 Å². The molecule has 8 nitrogen and oxygen atoms in total. The van der Waals surface area contributed by atoms with Gasteiger partial charge in [-0.3, -0.25) is 4.99 Å². The lowest BCUT2D eigenvalue weighted by molar-refractivity contribution is 0.313. The average molecular weight is 487 g/mol. The van der Waals surface area contributed by atoms with Crippen LogP contribution in [0, 0.1) is 11.3 Å². The standard InChI is InChI=1S/C26H26N6O2S/c1-32(17-19-5-7-20(8-6-19)33-14-2-13-30-25(28)29)26-31-23-12-11-22(15-24(23)35-26)34-21-9-3-18(16-27)4-10-21/h3-12,15H,2,13-14,17H2,1H3,(H4,28,29,30). The van der Waals surface area contributed by atoms with Crippen molar-refractivity contribution in [1.29, 1.82) is 5.26 Å². The molecule has 0 saturated carbocycles. The number of anilines is 1. The third kappa shape index (κ3) is 6.62. The van der Waals surface area contributed by atoms with Crippen LogP contribution < -0.4 is 25.8 Å². The first-order chi connectivity index (χ1) is 17.0. The van der Waals surface area contributed by atoms with E-state index >= 15 is 0 Å². The molecule has 0 aliphatic heterocycles. The Morgan fingerprint density at radius 1 is 1.03 bits per heavy atom. The summed E-state index contributed by atoms with van der Waals surface area (Å²) in [5.41, 5.74) is 13.3. The van der Waals surface area contributed by atoms with Crippen molar-refractivity contribution in [2.24, 2.45) is 16.5 Å². The third-order valence-electron chi connectivity index (χ3n) is 5.10. The van der Waals surface area contributed by atoms with E-state index in [1.54, 1.807) is 35.6 Å². The SMILES string of the molecule is CN(Cc1ccc(OCCCN=C(N)N)cc1)c1nc2ccc(Oc3ccc(C#N)cc3)cc2s1. The minimum Gasteiger partial charge on any atom is -0.494 e. The van der Waals surface area contributed by atoms with Crippen LogP contribution in [0.1, 0.15) is 17.5 Å². The molecule has 9 heteroatoms. The molecule has 0 fully saturated rings. The Labute approximate surface area is 208 Å². The fraction of sp³-hybridized carbons (Fsp3) is 0.192. The van der Waals surface area contributed by atoms with Crippen LogP contribution in [0.15, 0.2) is 71.7 Å². The molecule has 1 heterocycles. The summed E-state index contributed by atoms with van der Waals surface area (Å²) in [5.74, 6) is 2.33. The molecule has 0 bridgehead atoms. The molecular weight excluding hydrogens is 460 g/mol. The van der Waals surface area contributed by atoms with Crippen molar-refractivity contribution in [3.63, 3.8) is 0 Å². The monoisotopic (exact) mass is 486 g/mol. The molecule has 0 aliphatic carbocycles. The van der Waals surface area contributed by atoms with Gasteiger partial charge in [-0.1, -0.05) is 23.5 Å². The van der Waals surface area contributed by atoms with Gasteiger partial charge < -0.3 is 25.8 Å². The summed E-state index contributed by atoms with van der Waals surface area (Å²) in [5, 5.41) is 9.86. The van der Waals surface area contributed by atoms with E-state index in [1.165, 1.54) is 0 Å². The third-order valence-corrected chi connectivity index (χ3v) is 6.24. The van der Waals surface area contributed by atoms with Crippen LogP contribution in [-0.4, -0.2) is 31.1 Å². The number of rotatable bonds is 10. The topological polar surface area (TPSA) is 123 Å². The van der Waals surface area contributed by atoms with E-state index in [2.05, 4.69) is 28.1 Å². The summed E-state index contributed by atoms with van der Waals surface area (Å²) < 4.78 is 12.7. The molecule has 0 spiro atoms. The first-order valence-corrected chi connectivity index (χ1v) is 11.9. The molecule has 0 saturated heterocycles. The number of fused-ring (bicyclic) bond motifs is 1. The number of hydrogen-bond acceptors (Lipinski definition) is 7. The fourth-order valence-electron chi connectivity index (χ4n) is 3.35. The van der Waals surface area contributed by atoms with Crippen LogP contribution in [-0.2, 0) is 6.54 Å². The minimum absolute atomic E-state index is 0.100. The Kier molecular flexibility index (Phi) is 7.65. The van der Waals surface area contributed by atoms with Gasteiger partial charge in [0.1, 0.15) is 17.2 Å². The molecule has 0 unspecified atom stereocenters. The second kappa shape index (κ2) is 11.2. The summed E-state index contributed by atoms with van der Waals surface area (Å²) >= 11 is 1.61. The second-order valence-corrected chi connectivity index (χ2v) is 8.88. The van der Waals surface area contributed by atoms with E-state index in [0.717, 1.165) is 45.4 Å².